The van der Waals surface area contributed by atoms with Crippen molar-refractivity contribution >= 4 is 5.97 Å². The van der Waals surface area contributed by atoms with Gasteiger partial charge in [0.25, 0.3) is 0 Å². The normalized spacial score (nSPS) is 12.4. The molecule has 0 fully saturated rings. The van der Waals surface area contributed by atoms with Gasteiger partial charge in [-0.25, -0.2) is 0 Å². The molecule has 1 aromatic carbocycles. The number of carbonyl (C=O) groups excluding carboxylic acids is 1. The number of ether oxygens (including phenoxy) is 2. The highest BCUT2D eigenvalue weighted by Crippen LogP contribution is 2.05. The van der Waals surface area contributed by atoms with E-state index in [-0.39, 0.29) is 31.7 Å². The van der Waals surface area contributed by atoms with Gasteiger partial charge in [0.15, 0.2) is 0 Å². The third kappa shape index (κ3) is 7.59. The molecule has 1 aromatic rings. The van der Waals surface area contributed by atoms with E-state index in [0.717, 1.165) is 5.56 Å². The van der Waals surface area contributed by atoms with Crippen LogP contribution in [0.5, 0.6) is 0 Å². The number of carbonyl (C=O) groups is 1. The van der Waals surface area contributed by atoms with Crippen molar-refractivity contribution in [1.82, 2.24) is 0 Å². The predicted molar refractivity (Wildman–Crippen MR) is 72.6 cm³/mol. The van der Waals surface area contributed by atoms with E-state index in [1.165, 1.54) is 0 Å². The lowest BCUT2D eigenvalue weighted by Gasteiger charge is -2.13. The Kier molecular flexibility index (Phi) is 7.15. The molecule has 0 bridgehead atoms. The molecule has 0 spiro atoms. The zero-order chi connectivity index (χ0) is 14.1. The van der Waals surface area contributed by atoms with Crippen molar-refractivity contribution in [2.45, 2.75) is 45.5 Å². The van der Waals surface area contributed by atoms with Crippen LogP contribution in [0.2, 0.25) is 0 Å². The summed E-state index contributed by atoms with van der Waals surface area (Å²) in [6.45, 7) is 4.34. The third-order valence-corrected chi connectivity index (χ3v) is 2.55. The third-order valence-electron chi connectivity index (χ3n) is 2.55. The number of rotatable bonds is 8. The molecule has 19 heavy (non-hydrogen) atoms. The van der Waals surface area contributed by atoms with E-state index in [1.807, 2.05) is 44.2 Å². The van der Waals surface area contributed by atoms with Gasteiger partial charge in [0.2, 0.25) is 0 Å². The number of esters is 1. The number of aliphatic hydroxyl groups is 1. The topological polar surface area (TPSA) is 55.8 Å². The maximum absolute atomic E-state index is 11.5. The van der Waals surface area contributed by atoms with Crippen molar-refractivity contribution in [3.63, 3.8) is 0 Å². The summed E-state index contributed by atoms with van der Waals surface area (Å²) in [5.41, 5.74) is 0.958. The lowest BCUT2D eigenvalue weighted by molar-refractivity contribution is -0.145. The van der Waals surface area contributed by atoms with Crippen LogP contribution >= 0.6 is 0 Å². The fourth-order valence-corrected chi connectivity index (χ4v) is 1.48. The van der Waals surface area contributed by atoms with Crippen molar-refractivity contribution in [3.05, 3.63) is 35.9 Å². The van der Waals surface area contributed by atoms with E-state index < -0.39 is 6.10 Å². The van der Waals surface area contributed by atoms with Crippen LogP contribution in [0.3, 0.4) is 0 Å². The summed E-state index contributed by atoms with van der Waals surface area (Å²) in [7, 11) is 0. The Morgan fingerprint density at radius 3 is 2.58 bits per heavy atom. The minimum Gasteiger partial charge on any atom is -0.461 e. The standard InChI is InChI=1S/C15H22O4/c1-12(2)18-11-14(16)8-9-15(17)19-10-13-6-4-3-5-7-13/h3-7,12,14,16H,8-11H2,1-2H3. The van der Waals surface area contributed by atoms with E-state index in [1.54, 1.807) is 0 Å². The minimum absolute atomic E-state index is 0.0830. The van der Waals surface area contributed by atoms with Crippen molar-refractivity contribution < 1.29 is 19.4 Å². The SMILES string of the molecule is CC(C)OCC(O)CCC(=O)OCc1ccccc1. The predicted octanol–water partition coefficient (Wildman–Crippen LogP) is 2.30. The molecule has 0 aliphatic carbocycles. The van der Waals surface area contributed by atoms with Crippen LogP contribution in [0.25, 0.3) is 0 Å². The molecule has 4 nitrogen and oxygen atoms in total. The average molecular weight is 266 g/mol. The Balaban J connectivity index is 2.14. The second kappa shape index (κ2) is 8.67. The van der Waals surface area contributed by atoms with Gasteiger partial charge in [-0.2, -0.15) is 0 Å². The van der Waals surface area contributed by atoms with Gasteiger partial charge in [-0.15, -0.1) is 0 Å². The van der Waals surface area contributed by atoms with E-state index in [2.05, 4.69) is 0 Å². The first-order valence-corrected chi connectivity index (χ1v) is 6.57. The molecule has 0 heterocycles. The average Bonchev–Trinajstić information content (AvgIpc) is 2.41. The Morgan fingerprint density at radius 1 is 1.26 bits per heavy atom. The molecule has 1 atom stereocenters. The van der Waals surface area contributed by atoms with E-state index in [0.29, 0.717) is 6.42 Å². The van der Waals surface area contributed by atoms with E-state index >= 15 is 0 Å². The first-order valence-electron chi connectivity index (χ1n) is 6.57. The molecule has 0 amide bonds. The van der Waals surface area contributed by atoms with Crippen LogP contribution in [-0.4, -0.2) is 29.9 Å². The van der Waals surface area contributed by atoms with Gasteiger partial charge in [-0.1, -0.05) is 30.3 Å². The summed E-state index contributed by atoms with van der Waals surface area (Å²) < 4.78 is 10.4. The van der Waals surface area contributed by atoms with Crippen molar-refractivity contribution in [2.24, 2.45) is 0 Å². The molecule has 1 N–H and O–H groups in total. The van der Waals surface area contributed by atoms with Gasteiger partial charge in [0.1, 0.15) is 6.61 Å². The van der Waals surface area contributed by atoms with Gasteiger partial charge in [-0.05, 0) is 25.8 Å². The van der Waals surface area contributed by atoms with Gasteiger partial charge in [0.05, 0.1) is 18.8 Å². The zero-order valence-electron chi connectivity index (χ0n) is 11.5. The van der Waals surface area contributed by atoms with Gasteiger partial charge >= 0.3 is 5.97 Å². The minimum atomic E-state index is -0.619. The Hall–Kier alpha value is -1.39. The largest absolute Gasteiger partial charge is 0.461 e. The monoisotopic (exact) mass is 266 g/mol. The first kappa shape index (κ1) is 15.7. The van der Waals surface area contributed by atoms with E-state index in [9.17, 15) is 9.90 Å². The molecular weight excluding hydrogens is 244 g/mol. The van der Waals surface area contributed by atoms with Crippen molar-refractivity contribution in [2.75, 3.05) is 6.61 Å². The molecule has 1 rings (SSSR count). The molecule has 0 aliphatic heterocycles. The molecule has 0 radical (unpaired) electrons. The van der Waals surface area contributed by atoms with Gasteiger partial charge in [-0.3, -0.25) is 4.79 Å². The van der Waals surface area contributed by atoms with Crippen LogP contribution in [0.1, 0.15) is 32.3 Å². The van der Waals surface area contributed by atoms with Gasteiger partial charge in [0, 0.05) is 6.42 Å². The maximum Gasteiger partial charge on any atom is 0.306 e. The second-order valence-corrected chi connectivity index (χ2v) is 4.72. The molecular formula is C15H22O4. The fraction of sp³-hybridized carbons (Fsp3) is 0.533. The molecule has 0 aromatic heterocycles. The highest BCUT2D eigenvalue weighted by molar-refractivity contribution is 5.69. The summed E-state index contributed by atoms with van der Waals surface area (Å²) in [5, 5.41) is 9.60. The smallest absolute Gasteiger partial charge is 0.306 e. The molecule has 0 saturated carbocycles. The lowest BCUT2D eigenvalue weighted by atomic mass is 10.2. The highest BCUT2D eigenvalue weighted by atomic mass is 16.5. The van der Waals surface area contributed by atoms with Crippen LogP contribution in [0.15, 0.2) is 30.3 Å². The summed E-state index contributed by atoms with van der Waals surface area (Å²) in [6.07, 6.45) is 0.0295. The van der Waals surface area contributed by atoms with Crippen molar-refractivity contribution in [3.8, 4) is 0 Å². The summed E-state index contributed by atoms with van der Waals surface area (Å²) in [6, 6.07) is 9.51. The number of benzene rings is 1. The highest BCUT2D eigenvalue weighted by Gasteiger charge is 2.10. The molecule has 106 valence electrons. The lowest BCUT2D eigenvalue weighted by Crippen LogP contribution is -2.20. The molecule has 4 heteroatoms. The second-order valence-electron chi connectivity index (χ2n) is 4.72. The Morgan fingerprint density at radius 2 is 1.95 bits per heavy atom. The first-order chi connectivity index (χ1) is 9.08. The number of hydrogen-bond acceptors (Lipinski definition) is 4. The quantitative estimate of drug-likeness (QED) is 0.733. The van der Waals surface area contributed by atoms with E-state index in [4.69, 9.17) is 9.47 Å². The van der Waals surface area contributed by atoms with Crippen LogP contribution in [-0.2, 0) is 20.9 Å². The number of aliphatic hydroxyl groups excluding tert-OH is 1. The van der Waals surface area contributed by atoms with Crippen LogP contribution < -0.4 is 0 Å². The summed E-state index contributed by atoms with van der Waals surface area (Å²) in [4.78, 5) is 11.5. The Labute approximate surface area is 114 Å². The summed E-state index contributed by atoms with van der Waals surface area (Å²) >= 11 is 0. The Bertz CT molecular complexity index is 362. The number of hydrogen-bond donors (Lipinski definition) is 1. The van der Waals surface area contributed by atoms with Crippen LogP contribution in [0.4, 0.5) is 0 Å². The van der Waals surface area contributed by atoms with Crippen LogP contribution in [0, 0.1) is 0 Å². The van der Waals surface area contributed by atoms with Gasteiger partial charge < -0.3 is 14.6 Å². The molecule has 0 saturated heterocycles. The fourth-order valence-electron chi connectivity index (χ4n) is 1.48. The van der Waals surface area contributed by atoms with Crippen molar-refractivity contribution in [1.29, 1.82) is 0 Å². The zero-order valence-corrected chi connectivity index (χ0v) is 11.5. The molecule has 0 aliphatic rings. The maximum atomic E-state index is 11.5. The summed E-state index contributed by atoms with van der Waals surface area (Å²) in [5.74, 6) is -0.299. The molecule has 1 unspecified atom stereocenters.